The number of benzene rings is 10. The lowest BCUT2D eigenvalue weighted by molar-refractivity contribution is 0.636. The first-order chi connectivity index (χ1) is 35.0. The van der Waals surface area contributed by atoms with E-state index in [1.54, 1.807) is 0 Å². The molecule has 0 amide bonds. The van der Waals surface area contributed by atoms with Crippen LogP contribution in [0.25, 0.3) is 127 Å². The van der Waals surface area contributed by atoms with E-state index in [2.05, 4.69) is 224 Å². The summed E-state index contributed by atoms with van der Waals surface area (Å²) in [6.45, 7) is 15.1. The molecule has 0 bridgehead atoms. The fraction of sp³-hybridized carbons (Fsp3) is 0.130. The van der Waals surface area contributed by atoms with Crippen LogP contribution in [0.5, 0.6) is 0 Å². The van der Waals surface area contributed by atoms with Crippen molar-refractivity contribution in [1.29, 1.82) is 0 Å². The monoisotopic (exact) mass is 972 g/mol. The number of hydrogen-bond donors (Lipinski definition) is 0. The first-order valence-corrected chi connectivity index (χ1v) is 27.9. The van der Waals surface area contributed by atoms with Crippen LogP contribution in [0, 0.1) is 0 Å². The van der Waals surface area contributed by atoms with Gasteiger partial charge in [0.25, 0.3) is 0 Å². The Balaban J connectivity index is 1.000. The maximum atomic E-state index is 2.58. The molecule has 0 aliphatic heterocycles. The number of thiophene rings is 3. The van der Waals surface area contributed by atoms with Gasteiger partial charge in [-0.25, -0.2) is 0 Å². The number of hydrogen-bond acceptors (Lipinski definition) is 3. The predicted octanol–water partition coefficient (Wildman–Crippen LogP) is 20.7. The van der Waals surface area contributed by atoms with E-state index in [0.717, 1.165) is 0 Å². The minimum absolute atomic E-state index is 0.266. The van der Waals surface area contributed by atoms with Gasteiger partial charge in [0.15, 0.2) is 0 Å². The van der Waals surface area contributed by atoms with Gasteiger partial charge in [-0.3, -0.25) is 0 Å². The van der Waals surface area contributed by atoms with Crippen molar-refractivity contribution < 1.29 is 0 Å². The van der Waals surface area contributed by atoms with Crippen molar-refractivity contribution in [1.82, 2.24) is 0 Å². The Morgan fingerprint density at radius 1 is 0.264 bits per heavy atom. The van der Waals surface area contributed by atoms with Gasteiger partial charge in [-0.2, -0.15) is 0 Å². The second-order valence-electron chi connectivity index (χ2n) is 22.2. The fourth-order valence-electron chi connectivity index (χ4n) is 14.2. The van der Waals surface area contributed by atoms with Crippen molar-refractivity contribution in [2.45, 2.75) is 57.8 Å². The summed E-state index contributed by atoms with van der Waals surface area (Å²) in [6.07, 6.45) is 0. The van der Waals surface area contributed by atoms with E-state index >= 15 is 0 Å². The van der Waals surface area contributed by atoms with Crippen LogP contribution < -0.4 is 0 Å². The Bertz CT molecular complexity index is 4110. The summed E-state index contributed by atoms with van der Waals surface area (Å²) in [6, 6.07) is 70.0. The minimum Gasteiger partial charge on any atom is -0.135 e. The highest BCUT2D eigenvalue weighted by Crippen LogP contribution is 2.68. The molecule has 3 aromatic heterocycles. The first-order valence-electron chi connectivity index (χ1n) is 25.4. The number of fused-ring (bicyclic) bond motifs is 21. The summed E-state index contributed by atoms with van der Waals surface area (Å²) in [5.41, 5.74) is 24.2. The first kappa shape index (κ1) is 41.5. The quantitative estimate of drug-likeness (QED) is 0.166. The van der Waals surface area contributed by atoms with Crippen LogP contribution >= 0.6 is 34.0 Å². The van der Waals surface area contributed by atoms with Gasteiger partial charge in [-0.1, -0.05) is 187 Å². The van der Waals surface area contributed by atoms with Gasteiger partial charge in [0.2, 0.25) is 0 Å². The summed E-state index contributed by atoms with van der Waals surface area (Å²) in [5, 5.41) is 8.04. The van der Waals surface area contributed by atoms with Crippen molar-refractivity contribution in [2.75, 3.05) is 0 Å². The summed E-state index contributed by atoms with van der Waals surface area (Å²) >= 11 is 5.78. The largest absolute Gasteiger partial charge is 0.135 e. The normalized spacial score (nSPS) is 15.4. The molecule has 13 aromatic rings. The molecule has 0 fully saturated rings. The van der Waals surface area contributed by atoms with Crippen LogP contribution in [0.1, 0.15) is 74.9 Å². The van der Waals surface area contributed by atoms with Gasteiger partial charge in [0.1, 0.15) is 0 Å². The molecule has 3 heteroatoms. The Kier molecular flexibility index (Phi) is 8.11. The number of rotatable bonds is 3. The highest BCUT2D eigenvalue weighted by atomic mass is 32.1. The maximum absolute atomic E-state index is 2.58. The molecule has 0 atom stereocenters. The molecular weight excluding hydrogens is 925 g/mol. The van der Waals surface area contributed by atoms with E-state index in [9.17, 15) is 0 Å². The van der Waals surface area contributed by atoms with E-state index in [-0.39, 0.29) is 16.2 Å². The van der Waals surface area contributed by atoms with Crippen LogP contribution in [0.3, 0.4) is 0 Å². The standard InChI is InChI=1S/C69H48S3/c1-67(2)52-31-28-37(40-19-13-22-46-43-16-7-10-25-55(43)70-64(40)46)34-49(52)58-61(67)59-50-35-38(41-20-14-23-47-44-17-8-11-26-56(44)71-65(41)47)29-32-53(50)68(3,4)63(59)60-51-36-39(30-33-54(51)69(5,6)62(58)60)42-21-15-24-48-45-18-9-12-27-57(45)72-66(42)48/h7-36H,1-6H3. The molecule has 0 unspecified atom stereocenters. The Morgan fingerprint density at radius 2 is 0.542 bits per heavy atom. The molecule has 16 rings (SSSR count). The van der Waals surface area contributed by atoms with Gasteiger partial charge in [-0.05, 0) is 137 Å². The lowest BCUT2D eigenvalue weighted by Gasteiger charge is -2.31. The van der Waals surface area contributed by atoms with E-state index < -0.39 is 0 Å². The molecule has 0 saturated carbocycles. The summed E-state index contributed by atoms with van der Waals surface area (Å²) in [7, 11) is 0. The average Bonchev–Trinajstić information content (AvgIpc) is 4.22. The highest BCUT2D eigenvalue weighted by molar-refractivity contribution is 7.27. The lowest BCUT2D eigenvalue weighted by Crippen LogP contribution is -2.22. The Hall–Kier alpha value is -7.14. The van der Waals surface area contributed by atoms with Gasteiger partial charge in [-0.15, -0.1) is 34.0 Å². The van der Waals surface area contributed by atoms with E-state index in [0.29, 0.717) is 0 Å². The minimum atomic E-state index is -0.266. The zero-order valence-electron chi connectivity index (χ0n) is 41.0. The van der Waals surface area contributed by atoms with Gasteiger partial charge >= 0.3 is 0 Å². The van der Waals surface area contributed by atoms with Crippen LogP contribution in [0.15, 0.2) is 182 Å². The van der Waals surface area contributed by atoms with Crippen LogP contribution in [-0.4, -0.2) is 0 Å². The van der Waals surface area contributed by atoms with Crippen molar-refractivity contribution in [3.05, 3.63) is 215 Å². The third-order valence-corrected chi connectivity index (χ3v) is 21.1. The molecule has 10 aromatic carbocycles. The van der Waals surface area contributed by atoms with E-state index in [1.165, 1.54) is 161 Å². The smallest absolute Gasteiger partial charge is 0.0433 e. The van der Waals surface area contributed by atoms with Crippen molar-refractivity contribution >= 4 is 94.5 Å². The molecule has 0 spiro atoms. The molecule has 0 saturated heterocycles. The van der Waals surface area contributed by atoms with Gasteiger partial charge in [0, 0.05) is 76.8 Å². The highest BCUT2D eigenvalue weighted by Gasteiger charge is 2.52. The SMILES string of the molecule is CC1(C)c2ccc(-c3cccc4c3sc3ccccc34)cc2-c2c1c1c(c3c2C(C)(C)c2ccc(-c4cccc5c4sc4ccccc45)cc2-3)C(C)(C)c2ccc(-c3cccc4c3sc3ccccc34)cc2-1. The summed E-state index contributed by atoms with van der Waals surface area (Å²) in [5.74, 6) is 0. The Labute approximate surface area is 431 Å². The van der Waals surface area contributed by atoms with E-state index in [1.807, 2.05) is 34.0 Å². The van der Waals surface area contributed by atoms with Gasteiger partial charge < -0.3 is 0 Å². The maximum Gasteiger partial charge on any atom is 0.0433 e. The molecule has 3 heterocycles. The van der Waals surface area contributed by atoms with Crippen LogP contribution in [0.2, 0.25) is 0 Å². The summed E-state index contributed by atoms with van der Waals surface area (Å²) < 4.78 is 8.11. The topological polar surface area (TPSA) is 0 Å². The molecule has 0 N–H and O–H groups in total. The molecule has 3 aliphatic carbocycles. The second kappa shape index (κ2) is 14.1. The third-order valence-electron chi connectivity index (χ3n) is 17.4. The van der Waals surface area contributed by atoms with Crippen LogP contribution in [-0.2, 0) is 16.2 Å². The zero-order chi connectivity index (χ0) is 48.2. The van der Waals surface area contributed by atoms with Crippen molar-refractivity contribution in [3.8, 4) is 66.8 Å². The molecule has 0 radical (unpaired) electrons. The Morgan fingerprint density at radius 3 is 0.847 bits per heavy atom. The lowest BCUT2D eigenvalue weighted by atomic mass is 9.71. The molecular formula is C69H48S3. The van der Waals surface area contributed by atoms with Crippen molar-refractivity contribution in [3.63, 3.8) is 0 Å². The fourth-order valence-corrected chi connectivity index (χ4v) is 17.9. The molecule has 72 heavy (non-hydrogen) atoms. The zero-order valence-corrected chi connectivity index (χ0v) is 43.5. The van der Waals surface area contributed by atoms with E-state index in [4.69, 9.17) is 0 Å². The predicted molar refractivity (Wildman–Crippen MR) is 314 cm³/mol. The van der Waals surface area contributed by atoms with Crippen molar-refractivity contribution in [2.24, 2.45) is 0 Å². The summed E-state index contributed by atoms with van der Waals surface area (Å²) in [4.78, 5) is 0. The molecule has 0 nitrogen and oxygen atoms in total. The third kappa shape index (κ3) is 5.21. The van der Waals surface area contributed by atoms with Gasteiger partial charge in [0.05, 0.1) is 0 Å². The molecule has 342 valence electrons. The van der Waals surface area contributed by atoms with Crippen LogP contribution in [0.4, 0.5) is 0 Å². The molecule has 3 aliphatic rings. The average molecular weight is 973 g/mol. The second-order valence-corrected chi connectivity index (χ2v) is 25.4.